The van der Waals surface area contributed by atoms with Gasteiger partial charge in [-0.05, 0) is 18.2 Å². The molecule has 0 atom stereocenters. The van der Waals surface area contributed by atoms with E-state index in [-0.39, 0.29) is 11.3 Å². The van der Waals surface area contributed by atoms with E-state index in [0.717, 1.165) is 0 Å². The van der Waals surface area contributed by atoms with Crippen molar-refractivity contribution >= 4 is 11.7 Å². The molecule has 0 fully saturated rings. The van der Waals surface area contributed by atoms with Gasteiger partial charge in [0.2, 0.25) is 0 Å². The SMILES string of the molecule is COC(=O)c1ccc(-c2ccn(C)n2)c([N+](=O)[O-])c1. The Labute approximate surface area is 108 Å². The van der Waals surface area contributed by atoms with E-state index >= 15 is 0 Å². The zero-order valence-corrected chi connectivity index (χ0v) is 10.4. The molecule has 0 spiro atoms. The predicted octanol–water partition coefficient (Wildman–Crippen LogP) is 1.78. The second-order valence-corrected chi connectivity index (χ2v) is 3.86. The molecule has 2 rings (SSSR count). The van der Waals surface area contributed by atoms with Crippen LogP contribution >= 0.6 is 0 Å². The fraction of sp³-hybridized carbons (Fsp3) is 0.167. The molecule has 1 aromatic heterocycles. The monoisotopic (exact) mass is 261 g/mol. The molecule has 0 N–H and O–H groups in total. The molecular formula is C12H11N3O4. The van der Waals surface area contributed by atoms with Gasteiger partial charge in [-0.25, -0.2) is 4.79 Å². The molecule has 7 nitrogen and oxygen atoms in total. The molecule has 0 bridgehead atoms. The molecule has 0 aliphatic heterocycles. The van der Waals surface area contributed by atoms with E-state index in [4.69, 9.17) is 0 Å². The van der Waals surface area contributed by atoms with E-state index in [0.29, 0.717) is 11.3 Å². The topological polar surface area (TPSA) is 87.3 Å². The number of esters is 1. The van der Waals surface area contributed by atoms with Crippen LogP contribution < -0.4 is 0 Å². The number of hydrogen-bond acceptors (Lipinski definition) is 5. The lowest BCUT2D eigenvalue weighted by Gasteiger charge is -2.03. The number of carbonyl (C=O) groups is 1. The number of aromatic nitrogens is 2. The van der Waals surface area contributed by atoms with Gasteiger partial charge in [-0.1, -0.05) is 0 Å². The number of hydrogen-bond donors (Lipinski definition) is 0. The molecule has 1 heterocycles. The molecule has 0 amide bonds. The molecule has 0 saturated heterocycles. The summed E-state index contributed by atoms with van der Waals surface area (Å²) in [5, 5.41) is 15.2. The van der Waals surface area contributed by atoms with E-state index in [2.05, 4.69) is 9.84 Å². The van der Waals surface area contributed by atoms with Crippen LogP contribution in [0.1, 0.15) is 10.4 Å². The molecule has 0 radical (unpaired) electrons. The molecule has 7 heteroatoms. The standard InChI is InChI=1S/C12H11N3O4/c1-14-6-5-10(13-14)9-4-3-8(12(16)19-2)7-11(9)15(17)18/h3-7H,1-2H3. The second kappa shape index (κ2) is 4.89. The van der Waals surface area contributed by atoms with E-state index in [1.807, 2.05) is 0 Å². The summed E-state index contributed by atoms with van der Waals surface area (Å²) in [5.41, 5.74) is 0.791. The number of nitrogens with zero attached hydrogens (tertiary/aromatic N) is 3. The normalized spacial score (nSPS) is 10.2. The summed E-state index contributed by atoms with van der Waals surface area (Å²) in [4.78, 5) is 21.9. The van der Waals surface area contributed by atoms with Gasteiger partial charge in [0.25, 0.3) is 5.69 Å². The maximum absolute atomic E-state index is 11.4. The van der Waals surface area contributed by atoms with Gasteiger partial charge in [-0.15, -0.1) is 0 Å². The second-order valence-electron chi connectivity index (χ2n) is 3.86. The molecule has 0 aliphatic rings. The van der Waals surface area contributed by atoms with Gasteiger partial charge in [0, 0.05) is 19.3 Å². The van der Waals surface area contributed by atoms with E-state index in [9.17, 15) is 14.9 Å². The first kappa shape index (κ1) is 12.7. The van der Waals surface area contributed by atoms with Crippen LogP contribution in [-0.2, 0) is 11.8 Å². The van der Waals surface area contributed by atoms with Crippen LogP contribution in [-0.4, -0.2) is 27.8 Å². The molecular weight excluding hydrogens is 250 g/mol. The van der Waals surface area contributed by atoms with Crippen molar-refractivity contribution in [1.29, 1.82) is 0 Å². The summed E-state index contributed by atoms with van der Waals surface area (Å²) < 4.78 is 6.09. The van der Waals surface area contributed by atoms with Gasteiger partial charge in [-0.2, -0.15) is 5.10 Å². The molecule has 0 aliphatic carbocycles. The van der Waals surface area contributed by atoms with Gasteiger partial charge in [0.15, 0.2) is 0 Å². The van der Waals surface area contributed by atoms with E-state index in [1.54, 1.807) is 24.0 Å². The first-order valence-corrected chi connectivity index (χ1v) is 5.39. The number of nitro groups is 1. The van der Waals surface area contributed by atoms with Gasteiger partial charge in [-0.3, -0.25) is 14.8 Å². The van der Waals surface area contributed by atoms with Crippen LogP contribution in [0.5, 0.6) is 0 Å². The van der Waals surface area contributed by atoms with Gasteiger partial charge in [0.05, 0.1) is 28.9 Å². The highest BCUT2D eigenvalue weighted by Gasteiger charge is 2.20. The highest BCUT2D eigenvalue weighted by molar-refractivity contribution is 5.91. The summed E-state index contributed by atoms with van der Waals surface area (Å²) in [5.74, 6) is -0.615. The summed E-state index contributed by atoms with van der Waals surface area (Å²) >= 11 is 0. The Morgan fingerprint density at radius 1 is 1.42 bits per heavy atom. The van der Waals surface area contributed by atoms with Crippen molar-refractivity contribution in [2.45, 2.75) is 0 Å². The first-order valence-electron chi connectivity index (χ1n) is 5.39. The predicted molar refractivity (Wildman–Crippen MR) is 66.6 cm³/mol. The van der Waals surface area contributed by atoms with Crippen molar-refractivity contribution in [1.82, 2.24) is 9.78 Å². The summed E-state index contributed by atoms with van der Waals surface area (Å²) in [7, 11) is 2.94. The lowest BCUT2D eigenvalue weighted by Crippen LogP contribution is -2.03. The third-order valence-electron chi connectivity index (χ3n) is 2.61. The Morgan fingerprint density at radius 2 is 2.16 bits per heavy atom. The first-order chi connectivity index (χ1) is 9.02. The number of benzene rings is 1. The number of aryl methyl sites for hydroxylation is 1. The van der Waals surface area contributed by atoms with Crippen molar-refractivity contribution in [3.63, 3.8) is 0 Å². The van der Waals surface area contributed by atoms with Crippen molar-refractivity contribution in [2.24, 2.45) is 7.05 Å². The Morgan fingerprint density at radius 3 is 2.68 bits per heavy atom. The zero-order chi connectivity index (χ0) is 14.0. The average Bonchev–Trinajstić information content (AvgIpc) is 2.83. The van der Waals surface area contributed by atoms with Gasteiger partial charge in [0.1, 0.15) is 0 Å². The molecule has 19 heavy (non-hydrogen) atoms. The molecule has 2 aromatic rings. The van der Waals surface area contributed by atoms with Crippen LogP contribution in [0.4, 0.5) is 5.69 Å². The minimum Gasteiger partial charge on any atom is -0.465 e. The number of nitro benzene ring substituents is 1. The molecule has 0 saturated carbocycles. The summed E-state index contributed by atoms with van der Waals surface area (Å²) in [6.07, 6.45) is 1.69. The van der Waals surface area contributed by atoms with Crippen molar-refractivity contribution in [3.8, 4) is 11.3 Å². The van der Waals surface area contributed by atoms with E-state index < -0.39 is 10.9 Å². The minimum absolute atomic E-state index is 0.133. The molecule has 98 valence electrons. The fourth-order valence-electron chi connectivity index (χ4n) is 1.70. The fourth-order valence-corrected chi connectivity index (χ4v) is 1.70. The largest absolute Gasteiger partial charge is 0.465 e. The van der Waals surface area contributed by atoms with Crippen LogP contribution in [0.3, 0.4) is 0 Å². The average molecular weight is 261 g/mol. The lowest BCUT2D eigenvalue weighted by atomic mass is 10.1. The summed E-state index contributed by atoms with van der Waals surface area (Å²) in [6, 6.07) is 5.82. The van der Waals surface area contributed by atoms with Crippen molar-refractivity contribution in [2.75, 3.05) is 7.11 Å². The number of ether oxygens (including phenoxy) is 1. The Bertz CT molecular complexity index is 648. The number of methoxy groups -OCH3 is 1. The number of carbonyl (C=O) groups excluding carboxylic acids is 1. The van der Waals surface area contributed by atoms with Crippen LogP contribution in [0.2, 0.25) is 0 Å². The Balaban J connectivity index is 2.56. The summed E-state index contributed by atoms with van der Waals surface area (Å²) in [6.45, 7) is 0. The van der Waals surface area contributed by atoms with Crippen LogP contribution in [0.25, 0.3) is 11.3 Å². The molecule has 1 aromatic carbocycles. The van der Waals surface area contributed by atoms with E-state index in [1.165, 1.54) is 25.3 Å². The third kappa shape index (κ3) is 2.44. The zero-order valence-electron chi connectivity index (χ0n) is 10.4. The molecule has 0 unspecified atom stereocenters. The smallest absolute Gasteiger partial charge is 0.338 e. The minimum atomic E-state index is -0.615. The van der Waals surface area contributed by atoms with Crippen LogP contribution in [0.15, 0.2) is 30.5 Å². The quantitative estimate of drug-likeness (QED) is 0.477. The lowest BCUT2D eigenvalue weighted by molar-refractivity contribution is -0.384. The number of rotatable bonds is 3. The van der Waals surface area contributed by atoms with Crippen molar-refractivity contribution < 1.29 is 14.5 Å². The van der Waals surface area contributed by atoms with Gasteiger partial charge < -0.3 is 4.74 Å². The van der Waals surface area contributed by atoms with Crippen LogP contribution in [0, 0.1) is 10.1 Å². The maximum atomic E-state index is 11.4. The Hall–Kier alpha value is -2.70. The highest BCUT2D eigenvalue weighted by atomic mass is 16.6. The Kier molecular flexibility index (Phi) is 3.28. The van der Waals surface area contributed by atoms with Gasteiger partial charge >= 0.3 is 5.97 Å². The highest BCUT2D eigenvalue weighted by Crippen LogP contribution is 2.29. The third-order valence-corrected chi connectivity index (χ3v) is 2.61. The maximum Gasteiger partial charge on any atom is 0.338 e. The van der Waals surface area contributed by atoms with Crippen molar-refractivity contribution in [3.05, 3.63) is 46.1 Å².